The van der Waals surface area contributed by atoms with Crippen molar-refractivity contribution in [3.8, 4) is 24.7 Å². The Morgan fingerprint density at radius 2 is 1.50 bits per heavy atom. The van der Waals surface area contributed by atoms with E-state index in [1.807, 2.05) is 0 Å². The second kappa shape index (κ2) is 6.72. The lowest BCUT2D eigenvalue weighted by molar-refractivity contribution is 0.0949. The Kier molecular flexibility index (Phi) is 4.96. The molecule has 18 heavy (non-hydrogen) atoms. The predicted octanol–water partition coefficient (Wildman–Crippen LogP) is -0.192. The number of hydrogen-bond donors (Lipinski definition) is 2. The summed E-state index contributed by atoms with van der Waals surface area (Å²) in [6.45, 7) is 0.210. The number of nitrogens with one attached hydrogen (secondary N) is 2. The van der Waals surface area contributed by atoms with E-state index in [0.717, 1.165) is 0 Å². The van der Waals surface area contributed by atoms with Crippen molar-refractivity contribution >= 4 is 11.8 Å². The van der Waals surface area contributed by atoms with Crippen LogP contribution in [0.25, 0.3) is 0 Å². The molecule has 1 aromatic rings. The van der Waals surface area contributed by atoms with Crippen molar-refractivity contribution in [2.45, 2.75) is 0 Å². The molecule has 0 aliphatic rings. The van der Waals surface area contributed by atoms with Gasteiger partial charge in [0.05, 0.1) is 13.1 Å². The van der Waals surface area contributed by atoms with Crippen LogP contribution >= 0.6 is 0 Å². The molecule has 5 nitrogen and oxygen atoms in total. The third-order valence-corrected chi connectivity index (χ3v) is 1.92. The van der Waals surface area contributed by atoms with E-state index in [4.69, 9.17) is 12.8 Å². The number of rotatable bonds is 4. The number of carbonyl (C=O) groups is 2. The van der Waals surface area contributed by atoms with Gasteiger partial charge in [-0.05, 0) is 12.1 Å². The first-order chi connectivity index (χ1) is 8.69. The molecule has 1 heterocycles. The molecule has 0 spiro atoms. The zero-order valence-electron chi connectivity index (χ0n) is 9.56. The second-order valence-electron chi connectivity index (χ2n) is 3.18. The number of hydrogen-bond acceptors (Lipinski definition) is 3. The minimum absolute atomic E-state index is 0.105. The second-order valence-corrected chi connectivity index (χ2v) is 3.18. The average molecular weight is 241 g/mol. The van der Waals surface area contributed by atoms with Gasteiger partial charge in [-0.3, -0.25) is 9.59 Å². The molecular weight excluding hydrogens is 230 g/mol. The van der Waals surface area contributed by atoms with Gasteiger partial charge in [-0.25, -0.2) is 4.98 Å². The largest absolute Gasteiger partial charge is 0.340 e. The van der Waals surface area contributed by atoms with Gasteiger partial charge in [0.2, 0.25) is 0 Å². The summed E-state index contributed by atoms with van der Waals surface area (Å²) >= 11 is 0. The Morgan fingerprint density at radius 1 is 1.06 bits per heavy atom. The van der Waals surface area contributed by atoms with E-state index in [1.165, 1.54) is 12.1 Å². The molecule has 1 aromatic heterocycles. The minimum Gasteiger partial charge on any atom is -0.340 e. The third kappa shape index (κ3) is 3.66. The first-order valence-corrected chi connectivity index (χ1v) is 5.09. The van der Waals surface area contributed by atoms with Crippen LogP contribution in [0.2, 0.25) is 0 Å². The standard InChI is InChI=1S/C13H11N3O2/c1-3-8-14-12(17)10-6-5-7-11(16-10)13(18)15-9-4-2/h1-2,5-7H,8-9H2,(H,14,17)(H,15,18). The fourth-order valence-corrected chi connectivity index (χ4v) is 1.13. The number of amides is 2. The molecule has 0 radical (unpaired) electrons. The van der Waals surface area contributed by atoms with Crippen molar-refractivity contribution < 1.29 is 9.59 Å². The Labute approximate surface area is 105 Å². The van der Waals surface area contributed by atoms with Crippen LogP contribution in [-0.4, -0.2) is 29.9 Å². The van der Waals surface area contributed by atoms with Gasteiger partial charge in [-0.2, -0.15) is 0 Å². The molecular formula is C13H11N3O2. The Bertz CT molecular complexity index is 493. The van der Waals surface area contributed by atoms with Crippen LogP contribution in [0.5, 0.6) is 0 Å². The maximum absolute atomic E-state index is 11.6. The van der Waals surface area contributed by atoms with Crippen molar-refractivity contribution in [3.63, 3.8) is 0 Å². The zero-order chi connectivity index (χ0) is 13.4. The lowest BCUT2D eigenvalue weighted by Crippen LogP contribution is -2.27. The Balaban J connectivity index is 2.80. The highest BCUT2D eigenvalue weighted by atomic mass is 16.2. The number of carbonyl (C=O) groups excluding carboxylic acids is 2. The zero-order valence-corrected chi connectivity index (χ0v) is 9.56. The van der Waals surface area contributed by atoms with Gasteiger partial charge in [-0.1, -0.05) is 17.9 Å². The summed E-state index contributed by atoms with van der Waals surface area (Å²) in [5.74, 6) is 3.68. The molecule has 0 aliphatic carbocycles. The van der Waals surface area contributed by atoms with E-state index >= 15 is 0 Å². The van der Waals surface area contributed by atoms with Crippen LogP contribution in [0.1, 0.15) is 21.0 Å². The SMILES string of the molecule is C#CCNC(=O)c1cccc(C(=O)NCC#C)n1. The topological polar surface area (TPSA) is 71.1 Å². The van der Waals surface area contributed by atoms with Crippen molar-refractivity contribution in [3.05, 3.63) is 29.6 Å². The predicted molar refractivity (Wildman–Crippen MR) is 66.6 cm³/mol. The quantitative estimate of drug-likeness (QED) is 0.718. The summed E-state index contributed by atoms with van der Waals surface area (Å²) in [5.41, 5.74) is 0.247. The maximum Gasteiger partial charge on any atom is 0.270 e. The van der Waals surface area contributed by atoms with E-state index < -0.39 is 11.8 Å². The molecule has 0 aromatic carbocycles. The van der Waals surface area contributed by atoms with Crippen LogP contribution in [0.3, 0.4) is 0 Å². The third-order valence-electron chi connectivity index (χ3n) is 1.92. The van der Waals surface area contributed by atoms with Crippen molar-refractivity contribution in [1.82, 2.24) is 15.6 Å². The highest BCUT2D eigenvalue weighted by Gasteiger charge is 2.10. The van der Waals surface area contributed by atoms with E-state index in [9.17, 15) is 9.59 Å². The van der Waals surface area contributed by atoms with Crippen LogP contribution in [-0.2, 0) is 0 Å². The normalized spacial score (nSPS) is 8.78. The fraction of sp³-hybridized carbons (Fsp3) is 0.154. The number of terminal acetylenes is 2. The number of aromatic nitrogens is 1. The molecule has 1 rings (SSSR count). The highest BCUT2D eigenvalue weighted by molar-refractivity contribution is 5.96. The molecule has 0 saturated heterocycles. The van der Waals surface area contributed by atoms with E-state index in [1.54, 1.807) is 6.07 Å². The van der Waals surface area contributed by atoms with E-state index in [0.29, 0.717) is 0 Å². The molecule has 0 fully saturated rings. The Hall–Kier alpha value is -2.79. The molecule has 0 aliphatic heterocycles. The molecule has 2 N–H and O–H groups in total. The highest BCUT2D eigenvalue weighted by Crippen LogP contribution is 1.99. The van der Waals surface area contributed by atoms with Crippen LogP contribution in [0.15, 0.2) is 18.2 Å². The van der Waals surface area contributed by atoms with Gasteiger partial charge in [0.15, 0.2) is 0 Å². The minimum atomic E-state index is -0.431. The van der Waals surface area contributed by atoms with E-state index in [-0.39, 0.29) is 24.5 Å². The molecule has 0 bridgehead atoms. The first kappa shape index (κ1) is 13.3. The Morgan fingerprint density at radius 3 is 1.89 bits per heavy atom. The lowest BCUT2D eigenvalue weighted by atomic mass is 10.2. The van der Waals surface area contributed by atoms with Crippen molar-refractivity contribution in [2.75, 3.05) is 13.1 Å². The molecule has 0 atom stereocenters. The molecule has 5 heteroatoms. The average Bonchev–Trinajstić information content (AvgIpc) is 2.42. The van der Waals surface area contributed by atoms with Crippen molar-refractivity contribution in [2.24, 2.45) is 0 Å². The van der Waals surface area contributed by atoms with Gasteiger partial charge in [-0.15, -0.1) is 12.8 Å². The first-order valence-electron chi connectivity index (χ1n) is 5.09. The van der Waals surface area contributed by atoms with Crippen LogP contribution < -0.4 is 10.6 Å². The lowest BCUT2D eigenvalue weighted by Gasteiger charge is -2.04. The monoisotopic (exact) mass is 241 g/mol. The summed E-state index contributed by atoms with van der Waals surface area (Å²) in [4.78, 5) is 27.0. The summed E-state index contributed by atoms with van der Waals surface area (Å²) in [6.07, 6.45) is 10.0. The summed E-state index contributed by atoms with van der Waals surface area (Å²) in [6, 6.07) is 4.54. The van der Waals surface area contributed by atoms with Gasteiger partial charge in [0.25, 0.3) is 11.8 Å². The van der Waals surface area contributed by atoms with Gasteiger partial charge in [0, 0.05) is 0 Å². The maximum atomic E-state index is 11.6. The fourth-order valence-electron chi connectivity index (χ4n) is 1.13. The molecule has 0 saturated carbocycles. The van der Waals surface area contributed by atoms with Gasteiger partial charge in [0.1, 0.15) is 11.4 Å². The molecule has 90 valence electrons. The summed E-state index contributed by atoms with van der Waals surface area (Å²) in [7, 11) is 0. The molecule has 0 unspecified atom stereocenters. The summed E-state index contributed by atoms with van der Waals surface area (Å²) < 4.78 is 0. The van der Waals surface area contributed by atoms with Crippen LogP contribution in [0, 0.1) is 24.7 Å². The van der Waals surface area contributed by atoms with Crippen molar-refractivity contribution in [1.29, 1.82) is 0 Å². The van der Waals surface area contributed by atoms with E-state index in [2.05, 4.69) is 27.5 Å². The van der Waals surface area contributed by atoms with Crippen LogP contribution in [0.4, 0.5) is 0 Å². The smallest absolute Gasteiger partial charge is 0.270 e. The number of pyridine rings is 1. The number of nitrogens with zero attached hydrogens (tertiary/aromatic N) is 1. The van der Waals surface area contributed by atoms with Gasteiger partial charge < -0.3 is 10.6 Å². The van der Waals surface area contributed by atoms with Gasteiger partial charge >= 0.3 is 0 Å². The molecule has 2 amide bonds. The summed E-state index contributed by atoms with van der Waals surface area (Å²) in [5, 5.41) is 4.91.